The molecule has 3 aromatic rings. The Bertz CT molecular complexity index is 1070. The van der Waals surface area contributed by atoms with Gasteiger partial charge in [0.2, 0.25) is 0 Å². The van der Waals surface area contributed by atoms with E-state index in [2.05, 4.69) is 14.9 Å². The fourth-order valence-electron chi connectivity index (χ4n) is 2.99. The van der Waals surface area contributed by atoms with Gasteiger partial charge in [-0.3, -0.25) is 4.72 Å². The average Bonchev–Trinajstić information content (AvgIpc) is 3.12. The first-order chi connectivity index (χ1) is 12.9. The zero-order chi connectivity index (χ0) is 19.1. The molecule has 0 bridgehead atoms. The summed E-state index contributed by atoms with van der Waals surface area (Å²) >= 11 is 0. The smallest absolute Gasteiger partial charge is 0.261 e. The van der Waals surface area contributed by atoms with Gasteiger partial charge in [-0.25, -0.2) is 8.42 Å². The molecule has 7 nitrogen and oxygen atoms in total. The SMILES string of the molecule is Cc1ccccc1NS(=O)(=O)c1ccc(-c2nc(C3(N)CCC3)no2)cc1. The monoisotopic (exact) mass is 384 g/mol. The molecule has 0 saturated heterocycles. The maximum absolute atomic E-state index is 12.6. The molecule has 0 radical (unpaired) electrons. The molecule has 1 fully saturated rings. The molecule has 1 aliphatic rings. The lowest BCUT2D eigenvalue weighted by molar-refractivity contribution is 0.229. The highest BCUT2D eigenvalue weighted by Gasteiger charge is 2.39. The number of benzene rings is 2. The van der Waals surface area contributed by atoms with Crippen LogP contribution in [-0.4, -0.2) is 18.6 Å². The summed E-state index contributed by atoms with van der Waals surface area (Å²) in [5.41, 5.74) is 7.76. The van der Waals surface area contributed by atoms with Gasteiger partial charge in [-0.1, -0.05) is 23.4 Å². The number of nitrogens with two attached hydrogens (primary N) is 1. The molecule has 8 heteroatoms. The van der Waals surface area contributed by atoms with Gasteiger partial charge in [0.15, 0.2) is 5.82 Å². The van der Waals surface area contributed by atoms with E-state index in [4.69, 9.17) is 10.3 Å². The highest BCUT2D eigenvalue weighted by molar-refractivity contribution is 7.92. The van der Waals surface area contributed by atoms with Crippen LogP contribution in [0.4, 0.5) is 5.69 Å². The van der Waals surface area contributed by atoms with E-state index in [0.29, 0.717) is 23.0 Å². The molecule has 140 valence electrons. The van der Waals surface area contributed by atoms with Crippen LogP contribution >= 0.6 is 0 Å². The maximum Gasteiger partial charge on any atom is 0.261 e. The zero-order valence-electron chi connectivity index (χ0n) is 14.8. The minimum Gasteiger partial charge on any atom is -0.334 e. The number of rotatable bonds is 5. The van der Waals surface area contributed by atoms with Crippen LogP contribution in [0.25, 0.3) is 11.5 Å². The molecule has 2 aromatic carbocycles. The largest absolute Gasteiger partial charge is 0.334 e. The van der Waals surface area contributed by atoms with Gasteiger partial charge in [-0.05, 0) is 62.1 Å². The number of hydrogen-bond acceptors (Lipinski definition) is 6. The highest BCUT2D eigenvalue weighted by atomic mass is 32.2. The van der Waals surface area contributed by atoms with Crippen LogP contribution in [0, 0.1) is 6.92 Å². The Balaban J connectivity index is 1.56. The van der Waals surface area contributed by atoms with Gasteiger partial charge in [-0.2, -0.15) is 4.98 Å². The minimum atomic E-state index is -3.68. The Labute approximate surface area is 157 Å². The Hall–Kier alpha value is -2.71. The Morgan fingerprint density at radius 1 is 1.11 bits per heavy atom. The lowest BCUT2D eigenvalue weighted by Gasteiger charge is -2.34. The predicted molar refractivity (Wildman–Crippen MR) is 101 cm³/mol. The molecule has 27 heavy (non-hydrogen) atoms. The van der Waals surface area contributed by atoms with Crippen LogP contribution in [0.5, 0.6) is 0 Å². The second kappa shape index (κ2) is 6.47. The number of para-hydroxylation sites is 1. The van der Waals surface area contributed by atoms with E-state index in [1.807, 2.05) is 19.1 Å². The summed E-state index contributed by atoms with van der Waals surface area (Å²) in [5.74, 6) is 0.833. The second-order valence-corrected chi connectivity index (χ2v) is 8.56. The van der Waals surface area contributed by atoms with Crippen LogP contribution in [-0.2, 0) is 15.6 Å². The Kier molecular flexibility index (Phi) is 4.24. The van der Waals surface area contributed by atoms with Crippen molar-refractivity contribution < 1.29 is 12.9 Å². The number of aromatic nitrogens is 2. The van der Waals surface area contributed by atoms with E-state index in [1.54, 1.807) is 24.3 Å². The van der Waals surface area contributed by atoms with Crippen molar-refractivity contribution in [1.29, 1.82) is 0 Å². The van der Waals surface area contributed by atoms with Crippen molar-refractivity contribution in [3.05, 3.63) is 59.9 Å². The van der Waals surface area contributed by atoms with Crippen LogP contribution in [0.3, 0.4) is 0 Å². The van der Waals surface area contributed by atoms with Gasteiger partial charge in [0.25, 0.3) is 15.9 Å². The summed E-state index contributed by atoms with van der Waals surface area (Å²) in [7, 11) is -3.68. The van der Waals surface area contributed by atoms with Crippen LogP contribution < -0.4 is 10.5 Å². The third-order valence-electron chi connectivity index (χ3n) is 4.92. The number of anilines is 1. The lowest BCUT2D eigenvalue weighted by Crippen LogP contribution is -2.44. The Morgan fingerprint density at radius 2 is 1.81 bits per heavy atom. The van der Waals surface area contributed by atoms with E-state index in [0.717, 1.165) is 24.8 Å². The van der Waals surface area contributed by atoms with Crippen molar-refractivity contribution in [2.45, 2.75) is 36.6 Å². The van der Waals surface area contributed by atoms with E-state index < -0.39 is 15.6 Å². The topological polar surface area (TPSA) is 111 Å². The first kappa shape index (κ1) is 17.7. The molecule has 0 amide bonds. The van der Waals surface area contributed by atoms with Crippen molar-refractivity contribution in [3.8, 4) is 11.5 Å². The maximum atomic E-state index is 12.6. The van der Waals surface area contributed by atoms with Crippen LogP contribution in [0.2, 0.25) is 0 Å². The van der Waals surface area contributed by atoms with Gasteiger partial charge >= 0.3 is 0 Å². The predicted octanol–water partition coefficient (Wildman–Crippen LogP) is 3.18. The summed E-state index contributed by atoms with van der Waals surface area (Å²) in [6, 6.07) is 13.5. The second-order valence-electron chi connectivity index (χ2n) is 6.88. The highest BCUT2D eigenvalue weighted by Crippen LogP contribution is 2.37. The average molecular weight is 384 g/mol. The van der Waals surface area contributed by atoms with Crippen LogP contribution in [0.15, 0.2) is 57.9 Å². The lowest BCUT2D eigenvalue weighted by atomic mass is 9.77. The van der Waals surface area contributed by atoms with Gasteiger partial charge in [0.1, 0.15) is 0 Å². The third-order valence-corrected chi connectivity index (χ3v) is 6.30. The molecule has 1 saturated carbocycles. The first-order valence-corrected chi connectivity index (χ1v) is 10.2. The summed E-state index contributed by atoms with van der Waals surface area (Å²) < 4.78 is 33.1. The minimum absolute atomic E-state index is 0.156. The van der Waals surface area contributed by atoms with Gasteiger partial charge in [0.05, 0.1) is 16.1 Å². The number of nitrogens with one attached hydrogen (secondary N) is 1. The van der Waals surface area contributed by atoms with Crippen molar-refractivity contribution >= 4 is 15.7 Å². The number of aryl methyl sites for hydroxylation is 1. The third kappa shape index (κ3) is 3.33. The van der Waals surface area contributed by atoms with Crippen molar-refractivity contribution in [3.63, 3.8) is 0 Å². The molecule has 1 aliphatic carbocycles. The Morgan fingerprint density at radius 3 is 2.44 bits per heavy atom. The van der Waals surface area contributed by atoms with Crippen LogP contribution in [0.1, 0.15) is 30.7 Å². The van der Waals surface area contributed by atoms with E-state index >= 15 is 0 Å². The zero-order valence-corrected chi connectivity index (χ0v) is 15.7. The summed E-state index contributed by atoms with van der Waals surface area (Å²) in [6.45, 7) is 1.85. The molecule has 1 heterocycles. The molecule has 1 aromatic heterocycles. The number of hydrogen-bond donors (Lipinski definition) is 2. The molecule has 0 aliphatic heterocycles. The molecule has 0 unspecified atom stereocenters. The number of nitrogens with zero attached hydrogens (tertiary/aromatic N) is 2. The fraction of sp³-hybridized carbons (Fsp3) is 0.263. The van der Waals surface area contributed by atoms with E-state index in [1.165, 1.54) is 12.1 Å². The molecule has 0 atom stereocenters. The molecular weight excluding hydrogens is 364 g/mol. The normalized spacial score (nSPS) is 15.9. The first-order valence-electron chi connectivity index (χ1n) is 8.69. The van der Waals surface area contributed by atoms with Crippen molar-refractivity contribution in [2.75, 3.05) is 4.72 Å². The summed E-state index contributed by atoms with van der Waals surface area (Å²) in [5, 5.41) is 3.98. The molecular formula is C19H20N4O3S. The molecule has 0 spiro atoms. The van der Waals surface area contributed by atoms with E-state index in [-0.39, 0.29) is 4.90 Å². The standard InChI is InChI=1S/C19H20N4O3S/c1-13-5-2-3-6-16(13)23-27(24,25)15-9-7-14(8-10-15)17-21-18(22-26-17)19(20)11-4-12-19/h2-3,5-10,23H,4,11-12,20H2,1H3. The summed E-state index contributed by atoms with van der Waals surface area (Å²) in [6.07, 6.45) is 2.74. The van der Waals surface area contributed by atoms with Gasteiger partial charge in [-0.15, -0.1) is 0 Å². The molecule has 3 N–H and O–H groups in total. The molecule has 4 rings (SSSR count). The number of sulfonamides is 1. The summed E-state index contributed by atoms with van der Waals surface area (Å²) in [4.78, 5) is 4.53. The quantitative estimate of drug-likeness (QED) is 0.699. The van der Waals surface area contributed by atoms with Crippen molar-refractivity contribution in [2.24, 2.45) is 5.73 Å². The van der Waals surface area contributed by atoms with E-state index in [9.17, 15) is 8.42 Å². The van der Waals surface area contributed by atoms with Gasteiger partial charge in [0, 0.05) is 5.56 Å². The fourth-order valence-corrected chi connectivity index (χ4v) is 4.12. The van der Waals surface area contributed by atoms with Gasteiger partial charge < -0.3 is 10.3 Å². The van der Waals surface area contributed by atoms with Crippen molar-refractivity contribution in [1.82, 2.24) is 10.1 Å².